The molecule has 130 valence electrons. The molecule has 1 N–H and O–H groups in total. The molecule has 1 aromatic rings. The molecular weight excluding hydrogens is 300 g/mol. The summed E-state index contributed by atoms with van der Waals surface area (Å²) in [6, 6.07) is 10.3. The van der Waals surface area contributed by atoms with Crippen LogP contribution < -0.4 is 5.32 Å². The summed E-state index contributed by atoms with van der Waals surface area (Å²) in [7, 11) is 0. The summed E-state index contributed by atoms with van der Waals surface area (Å²) in [5, 5.41) is 3.06. The first-order valence-corrected chi connectivity index (χ1v) is 9.32. The van der Waals surface area contributed by atoms with Gasteiger partial charge in [-0.05, 0) is 50.0 Å². The van der Waals surface area contributed by atoms with Gasteiger partial charge >= 0.3 is 0 Å². The van der Waals surface area contributed by atoms with Crippen molar-refractivity contribution in [2.45, 2.75) is 44.9 Å². The molecule has 0 bridgehead atoms. The zero-order chi connectivity index (χ0) is 16.8. The fourth-order valence-electron chi connectivity index (χ4n) is 3.38. The van der Waals surface area contributed by atoms with Crippen molar-refractivity contribution < 1.29 is 9.59 Å². The predicted octanol–water partition coefficient (Wildman–Crippen LogP) is 2.77. The number of likely N-dealkylation sites (tertiary alicyclic amines) is 1. The van der Waals surface area contributed by atoms with Gasteiger partial charge in [-0.2, -0.15) is 0 Å². The first-order chi connectivity index (χ1) is 11.7. The Morgan fingerprint density at radius 3 is 2.67 bits per heavy atom. The largest absolute Gasteiger partial charge is 0.356 e. The van der Waals surface area contributed by atoms with Crippen LogP contribution in [-0.2, 0) is 16.0 Å². The van der Waals surface area contributed by atoms with Gasteiger partial charge in [0.2, 0.25) is 11.8 Å². The number of hydrogen-bond acceptors (Lipinski definition) is 2. The van der Waals surface area contributed by atoms with E-state index in [2.05, 4.69) is 17.4 Å². The minimum atomic E-state index is -0.0180. The van der Waals surface area contributed by atoms with Crippen molar-refractivity contribution in [3.05, 3.63) is 35.9 Å². The number of amides is 2. The van der Waals surface area contributed by atoms with Crippen LogP contribution in [0.5, 0.6) is 0 Å². The van der Waals surface area contributed by atoms with E-state index in [-0.39, 0.29) is 17.7 Å². The molecule has 4 heteroatoms. The third-order valence-electron chi connectivity index (χ3n) is 5.11. The van der Waals surface area contributed by atoms with Crippen molar-refractivity contribution in [2.24, 2.45) is 11.8 Å². The Morgan fingerprint density at radius 1 is 1.12 bits per heavy atom. The van der Waals surface area contributed by atoms with Crippen LogP contribution in [0.3, 0.4) is 0 Å². The molecule has 1 heterocycles. The van der Waals surface area contributed by atoms with Crippen molar-refractivity contribution in [3.8, 4) is 0 Å². The molecule has 0 aromatic heterocycles. The van der Waals surface area contributed by atoms with Crippen LogP contribution in [0.2, 0.25) is 0 Å². The highest BCUT2D eigenvalue weighted by molar-refractivity contribution is 5.81. The van der Waals surface area contributed by atoms with E-state index in [1.54, 1.807) is 0 Å². The molecule has 24 heavy (non-hydrogen) atoms. The Kier molecular flexibility index (Phi) is 5.89. The quantitative estimate of drug-likeness (QED) is 0.837. The highest BCUT2D eigenvalue weighted by Crippen LogP contribution is 2.28. The summed E-state index contributed by atoms with van der Waals surface area (Å²) in [6.45, 7) is 2.22. The Morgan fingerprint density at radius 2 is 1.92 bits per heavy atom. The standard InChI is InChI=1S/C20H28N2O2/c23-19(10-4-8-16-6-2-1-3-7-16)22-13-5-9-18(15-22)20(24)21-14-17-11-12-17/h1-3,6-7,17-18H,4-5,8-15H2,(H,21,24)/t18-/m1/s1. The Bertz CT molecular complexity index is 554. The SMILES string of the molecule is O=C(NCC1CC1)[C@@H]1CCCN(C(=O)CCCc2ccccc2)C1. The monoisotopic (exact) mass is 328 g/mol. The minimum Gasteiger partial charge on any atom is -0.356 e. The van der Waals surface area contributed by atoms with Gasteiger partial charge in [-0.3, -0.25) is 9.59 Å². The number of piperidine rings is 1. The summed E-state index contributed by atoms with van der Waals surface area (Å²) >= 11 is 0. The van der Waals surface area contributed by atoms with Crippen molar-refractivity contribution in [1.82, 2.24) is 10.2 Å². The van der Waals surface area contributed by atoms with Crippen molar-refractivity contribution in [3.63, 3.8) is 0 Å². The third kappa shape index (κ3) is 5.08. The molecule has 0 unspecified atom stereocenters. The Labute approximate surface area is 144 Å². The molecule has 1 aromatic carbocycles. The first-order valence-electron chi connectivity index (χ1n) is 9.32. The van der Waals surface area contributed by atoms with E-state index in [4.69, 9.17) is 0 Å². The van der Waals surface area contributed by atoms with E-state index in [0.717, 1.165) is 38.8 Å². The van der Waals surface area contributed by atoms with Gasteiger partial charge in [-0.1, -0.05) is 30.3 Å². The van der Waals surface area contributed by atoms with Crippen LogP contribution in [0, 0.1) is 11.8 Å². The fourth-order valence-corrected chi connectivity index (χ4v) is 3.38. The lowest BCUT2D eigenvalue weighted by atomic mass is 9.96. The maximum absolute atomic E-state index is 12.4. The number of benzene rings is 1. The van der Waals surface area contributed by atoms with Crippen LogP contribution in [-0.4, -0.2) is 36.3 Å². The lowest BCUT2D eigenvalue weighted by Gasteiger charge is -2.32. The van der Waals surface area contributed by atoms with Gasteiger partial charge in [-0.25, -0.2) is 0 Å². The Hall–Kier alpha value is -1.84. The van der Waals surface area contributed by atoms with E-state index in [9.17, 15) is 9.59 Å². The average molecular weight is 328 g/mol. The zero-order valence-corrected chi connectivity index (χ0v) is 14.4. The number of rotatable bonds is 7. The van der Waals surface area contributed by atoms with E-state index in [0.29, 0.717) is 18.9 Å². The molecule has 1 aliphatic heterocycles. The zero-order valence-electron chi connectivity index (χ0n) is 14.4. The van der Waals surface area contributed by atoms with Gasteiger partial charge in [0.25, 0.3) is 0 Å². The number of aryl methyl sites for hydroxylation is 1. The minimum absolute atomic E-state index is 0.0180. The second-order valence-corrected chi connectivity index (χ2v) is 7.21. The molecule has 1 saturated carbocycles. The summed E-state index contributed by atoms with van der Waals surface area (Å²) < 4.78 is 0. The first kappa shape index (κ1) is 17.0. The topological polar surface area (TPSA) is 49.4 Å². The number of nitrogens with zero attached hydrogens (tertiary/aromatic N) is 1. The van der Waals surface area contributed by atoms with E-state index in [1.165, 1.54) is 18.4 Å². The van der Waals surface area contributed by atoms with E-state index < -0.39 is 0 Å². The number of carbonyl (C=O) groups excluding carboxylic acids is 2. The van der Waals surface area contributed by atoms with Gasteiger partial charge in [-0.15, -0.1) is 0 Å². The number of carbonyl (C=O) groups is 2. The second kappa shape index (κ2) is 8.32. The molecule has 2 fully saturated rings. The number of nitrogens with one attached hydrogen (secondary N) is 1. The van der Waals surface area contributed by atoms with Crippen molar-refractivity contribution in [1.29, 1.82) is 0 Å². The maximum Gasteiger partial charge on any atom is 0.224 e. The predicted molar refractivity (Wildman–Crippen MR) is 94.4 cm³/mol. The van der Waals surface area contributed by atoms with Crippen molar-refractivity contribution >= 4 is 11.8 Å². The Balaban J connectivity index is 1.39. The van der Waals surface area contributed by atoms with Gasteiger partial charge in [0.1, 0.15) is 0 Å². The molecule has 1 atom stereocenters. The smallest absolute Gasteiger partial charge is 0.224 e. The molecule has 4 nitrogen and oxygen atoms in total. The summed E-state index contributed by atoms with van der Waals surface area (Å²) in [4.78, 5) is 26.6. The molecule has 2 aliphatic rings. The van der Waals surface area contributed by atoms with Gasteiger partial charge < -0.3 is 10.2 Å². The highest BCUT2D eigenvalue weighted by atomic mass is 16.2. The van der Waals surface area contributed by atoms with E-state index in [1.807, 2.05) is 23.1 Å². The molecule has 2 amide bonds. The molecule has 0 radical (unpaired) electrons. The summed E-state index contributed by atoms with van der Waals surface area (Å²) in [5.41, 5.74) is 1.28. The molecule has 1 saturated heterocycles. The molecular formula is C20H28N2O2. The average Bonchev–Trinajstić information content (AvgIpc) is 3.45. The molecule has 3 rings (SSSR count). The van der Waals surface area contributed by atoms with Crippen LogP contribution in [0.15, 0.2) is 30.3 Å². The highest BCUT2D eigenvalue weighted by Gasteiger charge is 2.29. The van der Waals surface area contributed by atoms with Crippen LogP contribution >= 0.6 is 0 Å². The fraction of sp³-hybridized carbons (Fsp3) is 0.600. The lowest BCUT2D eigenvalue weighted by molar-refractivity contribution is -0.135. The summed E-state index contributed by atoms with van der Waals surface area (Å²) in [6.07, 6.45) is 6.72. The van der Waals surface area contributed by atoms with Gasteiger partial charge in [0, 0.05) is 26.1 Å². The molecule has 0 spiro atoms. The van der Waals surface area contributed by atoms with Crippen LogP contribution in [0.1, 0.15) is 44.1 Å². The maximum atomic E-state index is 12.4. The van der Waals surface area contributed by atoms with E-state index >= 15 is 0 Å². The second-order valence-electron chi connectivity index (χ2n) is 7.21. The lowest BCUT2D eigenvalue weighted by Crippen LogP contribution is -2.45. The third-order valence-corrected chi connectivity index (χ3v) is 5.11. The summed E-state index contributed by atoms with van der Waals surface area (Å²) in [5.74, 6) is 1.03. The van der Waals surface area contributed by atoms with Gasteiger partial charge in [0.15, 0.2) is 0 Å². The van der Waals surface area contributed by atoms with Gasteiger partial charge in [0.05, 0.1) is 5.92 Å². The molecule has 1 aliphatic carbocycles. The van der Waals surface area contributed by atoms with Crippen molar-refractivity contribution in [2.75, 3.05) is 19.6 Å². The normalized spacial score (nSPS) is 20.7. The van der Waals surface area contributed by atoms with Crippen LogP contribution in [0.25, 0.3) is 0 Å². The van der Waals surface area contributed by atoms with Crippen LogP contribution in [0.4, 0.5) is 0 Å². The number of hydrogen-bond donors (Lipinski definition) is 1.